The van der Waals surface area contributed by atoms with E-state index in [9.17, 15) is 21.6 Å². The highest BCUT2D eigenvalue weighted by Crippen LogP contribution is 2.34. The maximum Gasteiger partial charge on any atom is 0.417 e. The molecule has 0 bridgehead atoms. The Kier molecular flexibility index (Phi) is 4.78. The van der Waals surface area contributed by atoms with Gasteiger partial charge in [0.2, 0.25) is 0 Å². The van der Waals surface area contributed by atoms with Crippen LogP contribution in [-0.2, 0) is 20.8 Å². The molecule has 22 heavy (non-hydrogen) atoms. The number of benzene rings is 1. The van der Waals surface area contributed by atoms with Gasteiger partial charge in [0, 0.05) is 13.2 Å². The zero-order chi connectivity index (χ0) is 16.4. The molecular weight excluding hydrogens is 319 g/mol. The van der Waals surface area contributed by atoms with E-state index < -0.39 is 32.0 Å². The van der Waals surface area contributed by atoms with Crippen molar-refractivity contribution in [3.63, 3.8) is 0 Å². The molecule has 0 N–H and O–H groups in total. The first kappa shape index (κ1) is 16.8. The highest BCUT2D eigenvalue weighted by atomic mass is 32.2. The van der Waals surface area contributed by atoms with Gasteiger partial charge in [-0.05, 0) is 37.0 Å². The van der Waals surface area contributed by atoms with Crippen LogP contribution in [0.4, 0.5) is 13.2 Å². The molecule has 0 spiro atoms. The number of nitrogens with zero attached hydrogens (tertiary/aromatic N) is 1. The summed E-state index contributed by atoms with van der Waals surface area (Å²) >= 11 is 0. The van der Waals surface area contributed by atoms with Crippen molar-refractivity contribution >= 4 is 9.84 Å². The fourth-order valence-corrected chi connectivity index (χ4v) is 4.09. The summed E-state index contributed by atoms with van der Waals surface area (Å²) in [6.45, 7) is 0.919. The van der Waals surface area contributed by atoms with Crippen molar-refractivity contribution in [2.45, 2.75) is 23.9 Å². The molecule has 0 amide bonds. The second-order valence-electron chi connectivity index (χ2n) is 5.15. The largest absolute Gasteiger partial charge is 0.417 e. The minimum Gasteiger partial charge on any atom is -0.381 e. The van der Waals surface area contributed by atoms with Gasteiger partial charge in [0.1, 0.15) is 0 Å². The minimum atomic E-state index is -4.77. The van der Waals surface area contributed by atoms with E-state index in [-0.39, 0.29) is 11.7 Å². The van der Waals surface area contributed by atoms with E-state index in [1.165, 1.54) is 6.07 Å². The number of halogens is 3. The third-order valence-electron chi connectivity index (χ3n) is 3.57. The Morgan fingerprint density at radius 1 is 1.27 bits per heavy atom. The van der Waals surface area contributed by atoms with Gasteiger partial charge >= 0.3 is 6.18 Å². The lowest BCUT2D eigenvalue weighted by Gasteiger charge is -2.22. The van der Waals surface area contributed by atoms with Crippen molar-refractivity contribution < 1.29 is 26.3 Å². The van der Waals surface area contributed by atoms with Crippen LogP contribution < -0.4 is 0 Å². The fraction of sp³-hybridized carbons (Fsp3) is 0.500. The van der Waals surface area contributed by atoms with Crippen molar-refractivity contribution in [3.05, 3.63) is 29.3 Å². The smallest absolute Gasteiger partial charge is 0.381 e. The normalized spacial score (nSPS) is 17.2. The number of hydrogen-bond acceptors (Lipinski definition) is 4. The van der Waals surface area contributed by atoms with Crippen LogP contribution in [0.1, 0.15) is 24.0 Å². The monoisotopic (exact) mass is 333 g/mol. The van der Waals surface area contributed by atoms with Crippen LogP contribution in [0.3, 0.4) is 0 Å². The zero-order valence-electron chi connectivity index (χ0n) is 11.6. The van der Waals surface area contributed by atoms with Gasteiger partial charge in [-0.2, -0.15) is 18.4 Å². The SMILES string of the molecule is N#Cc1ccc(S(=O)(=O)CC2CCOCC2)cc1C(F)(F)F. The third-order valence-corrected chi connectivity index (χ3v) is 5.45. The number of rotatable bonds is 3. The predicted molar refractivity (Wildman–Crippen MR) is 71.8 cm³/mol. The van der Waals surface area contributed by atoms with Crippen LogP contribution >= 0.6 is 0 Å². The van der Waals surface area contributed by atoms with Crippen LogP contribution in [0.2, 0.25) is 0 Å². The summed E-state index contributed by atoms with van der Waals surface area (Å²) in [4.78, 5) is -0.398. The fourth-order valence-electron chi connectivity index (χ4n) is 2.37. The first-order valence-corrected chi connectivity index (χ1v) is 8.31. The van der Waals surface area contributed by atoms with Crippen molar-refractivity contribution in [2.24, 2.45) is 5.92 Å². The van der Waals surface area contributed by atoms with Crippen molar-refractivity contribution in [3.8, 4) is 6.07 Å². The maximum absolute atomic E-state index is 12.9. The summed E-state index contributed by atoms with van der Waals surface area (Å²) in [5, 5.41) is 8.72. The van der Waals surface area contributed by atoms with E-state index in [0.717, 1.165) is 12.1 Å². The van der Waals surface area contributed by atoms with Gasteiger partial charge in [0.05, 0.1) is 27.8 Å². The van der Waals surface area contributed by atoms with E-state index in [2.05, 4.69) is 0 Å². The first-order chi connectivity index (χ1) is 10.2. The molecule has 120 valence electrons. The van der Waals surface area contributed by atoms with Gasteiger partial charge in [-0.15, -0.1) is 0 Å². The number of ether oxygens (including phenoxy) is 1. The molecule has 2 rings (SSSR count). The average Bonchev–Trinajstić information content (AvgIpc) is 2.46. The van der Waals surface area contributed by atoms with Crippen LogP contribution in [0.25, 0.3) is 0 Å². The van der Waals surface area contributed by atoms with Crippen molar-refractivity contribution in [2.75, 3.05) is 19.0 Å². The van der Waals surface area contributed by atoms with Crippen LogP contribution in [0, 0.1) is 17.2 Å². The molecule has 1 heterocycles. The maximum atomic E-state index is 12.9. The van der Waals surface area contributed by atoms with E-state index >= 15 is 0 Å². The molecule has 1 aromatic carbocycles. The Morgan fingerprint density at radius 2 is 1.91 bits per heavy atom. The molecule has 0 unspecified atom stereocenters. The summed E-state index contributed by atoms with van der Waals surface area (Å²) in [5.41, 5.74) is -1.81. The van der Waals surface area contributed by atoms with Crippen LogP contribution in [-0.4, -0.2) is 27.4 Å². The standard InChI is InChI=1S/C14H14F3NO3S/c15-14(16,17)13-7-12(2-1-11(13)8-18)22(19,20)9-10-3-5-21-6-4-10/h1-2,7,10H,3-6,9H2. The number of sulfone groups is 1. The first-order valence-electron chi connectivity index (χ1n) is 6.66. The molecule has 0 atom stereocenters. The molecule has 0 saturated carbocycles. The summed E-state index contributed by atoms with van der Waals surface area (Å²) < 4.78 is 68.4. The number of alkyl halides is 3. The molecule has 0 aromatic heterocycles. The summed E-state index contributed by atoms with van der Waals surface area (Å²) in [5.74, 6) is -0.330. The highest BCUT2D eigenvalue weighted by Gasteiger charge is 2.35. The summed E-state index contributed by atoms with van der Waals surface area (Å²) in [6.07, 6.45) is -3.63. The van der Waals surface area contributed by atoms with Gasteiger partial charge in [0.25, 0.3) is 0 Å². The Bertz CT molecular complexity index is 686. The molecule has 0 radical (unpaired) electrons. The lowest BCUT2D eigenvalue weighted by molar-refractivity contribution is -0.137. The topological polar surface area (TPSA) is 67.2 Å². The van der Waals surface area contributed by atoms with E-state index in [0.29, 0.717) is 32.1 Å². The molecule has 1 fully saturated rings. The van der Waals surface area contributed by atoms with Crippen LogP contribution in [0.5, 0.6) is 0 Å². The van der Waals surface area contributed by atoms with Gasteiger partial charge in [0.15, 0.2) is 9.84 Å². The Balaban J connectivity index is 2.33. The molecule has 1 aliphatic heterocycles. The Labute approximate surface area is 126 Å². The average molecular weight is 333 g/mol. The van der Waals surface area contributed by atoms with E-state index in [1.54, 1.807) is 0 Å². The minimum absolute atomic E-state index is 0.122. The Morgan fingerprint density at radius 3 is 2.45 bits per heavy atom. The summed E-state index contributed by atoms with van der Waals surface area (Å²) in [6, 6.07) is 3.94. The molecule has 0 aliphatic carbocycles. The Hall–Kier alpha value is -1.59. The molecular formula is C14H14F3NO3S. The predicted octanol–water partition coefficient (Wildman–Crippen LogP) is 2.78. The molecule has 8 heteroatoms. The molecule has 1 aromatic rings. The van der Waals surface area contributed by atoms with Crippen molar-refractivity contribution in [1.82, 2.24) is 0 Å². The second-order valence-corrected chi connectivity index (χ2v) is 7.19. The van der Waals surface area contributed by atoms with Gasteiger partial charge in [-0.3, -0.25) is 0 Å². The van der Waals surface area contributed by atoms with Gasteiger partial charge in [-0.25, -0.2) is 8.42 Å². The van der Waals surface area contributed by atoms with Crippen LogP contribution in [0.15, 0.2) is 23.1 Å². The molecule has 1 saturated heterocycles. The highest BCUT2D eigenvalue weighted by molar-refractivity contribution is 7.91. The number of hydrogen-bond donors (Lipinski definition) is 0. The number of nitriles is 1. The quantitative estimate of drug-likeness (QED) is 0.853. The van der Waals surface area contributed by atoms with E-state index in [4.69, 9.17) is 10.00 Å². The van der Waals surface area contributed by atoms with Gasteiger partial charge < -0.3 is 4.74 Å². The summed E-state index contributed by atoms with van der Waals surface area (Å²) in [7, 11) is -3.83. The van der Waals surface area contributed by atoms with E-state index in [1.807, 2.05) is 0 Å². The third kappa shape index (κ3) is 3.78. The van der Waals surface area contributed by atoms with Crippen molar-refractivity contribution in [1.29, 1.82) is 5.26 Å². The zero-order valence-corrected chi connectivity index (χ0v) is 12.4. The lowest BCUT2D eigenvalue weighted by Crippen LogP contribution is -2.24. The lowest BCUT2D eigenvalue weighted by atomic mass is 10.0. The molecule has 1 aliphatic rings. The molecule has 4 nitrogen and oxygen atoms in total. The van der Waals surface area contributed by atoms with Gasteiger partial charge in [-0.1, -0.05) is 0 Å². The second kappa shape index (κ2) is 6.26.